The molecule has 22 heavy (non-hydrogen) atoms. The van der Waals surface area contributed by atoms with Crippen LogP contribution in [0.5, 0.6) is 11.5 Å². The van der Waals surface area contributed by atoms with Gasteiger partial charge in [-0.1, -0.05) is 44.2 Å². The molecule has 3 N–H and O–H groups in total. The van der Waals surface area contributed by atoms with E-state index in [0.717, 1.165) is 24.5 Å². The molecule has 0 saturated carbocycles. The van der Waals surface area contributed by atoms with E-state index in [1.807, 2.05) is 56.3 Å². The minimum absolute atomic E-state index is 0.701. The maximum atomic E-state index is 5.40. The molecule has 1 aliphatic rings. The lowest BCUT2D eigenvalue weighted by atomic mass is 10.1. The third-order valence-electron chi connectivity index (χ3n) is 3.01. The van der Waals surface area contributed by atoms with Crippen LogP contribution in [0.3, 0.4) is 0 Å². The zero-order valence-corrected chi connectivity index (χ0v) is 13.6. The van der Waals surface area contributed by atoms with Gasteiger partial charge in [-0.15, -0.1) is 0 Å². The molecule has 1 aliphatic heterocycles. The van der Waals surface area contributed by atoms with Gasteiger partial charge in [0.05, 0.1) is 13.7 Å². The minimum atomic E-state index is 0.701. The number of rotatable bonds is 3. The third kappa shape index (κ3) is 5.76. The second-order valence-corrected chi connectivity index (χ2v) is 4.42. The summed E-state index contributed by atoms with van der Waals surface area (Å²) in [5.41, 5.74) is 10.7. The van der Waals surface area contributed by atoms with Crippen LogP contribution < -0.4 is 20.8 Å². The van der Waals surface area contributed by atoms with Gasteiger partial charge in [0.2, 0.25) is 0 Å². The molecule has 0 spiro atoms. The molecule has 0 aliphatic carbocycles. The van der Waals surface area contributed by atoms with Crippen molar-refractivity contribution in [3.63, 3.8) is 0 Å². The van der Waals surface area contributed by atoms with Crippen LogP contribution in [0.2, 0.25) is 0 Å². The Morgan fingerprint density at radius 3 is 2.36 bits per heavy atom. The van der Waals surface area contributed by atoms with E-state index in [9.17, 15) is 0 Å². The summed E-state index contributed by atoms with van der Waals surface area (Å²) >= 11 is 0. The molecule has 0 radical (unpaired) electrons. The third-order valence-corrected chi connectivity index (χ3v) is 3.01. The Labute approximate surface area is 133 Å². The molecule has 4 heteroatoms. The van der Waals surface area contributed by atoms with E-state index in [2.05, 4.69) is 11.5 Å². The van der Waals surface area contributed by atoms with Crippen LogP contribution in [0.15, 0.2) is 48.5 Å². The van der Waals surface area contributed by atoms with Crippen LogP contribution in [0, 0.1) is 0 Å². The second-order valence-electron chi connectivity index (χ2n) is 4.42. The van der Waals surface area contributed by atoms with Crippen LogP contribution in [-0.2, 0) is 13.0 Å². The normalized spacial score (nSPS) is 11.1. The summed E-state index contributed by atoms with van der Waals surface area (Å²) < 4.78 is 5.02. The zero-order valence-electron chi connectivity index (χ0n) is 13.6. The Kier molecular flexibility index (Phi) is 8.72. The van der Waals surface area contributed by atoms with Gasteiger partial charge in [0, 0.05) is 5.56 Å². The van der Waals surface area contributed by atoms with E-state index in [1.54, 1.807) is 7.11 Å². The lowest BCUT2D eigenvalue weighted by Gasteiger charge is -2.00. The van der Waals surface area contributed by atoms with Crippen molar-refractivity contribution < 1.29 is 9.57 Å². The van der Waals surface area contributed by atoms with E-state index < -0.39 is 0 Å². The first-order chi connectivity index (χ1) is 10.8. The summed E-state index contributed by atoms with van der Waals surface area (Å²) in [6, 6.07) is 15.9. The Balaban J connectivity index is 0.000000200. The number of para-hydroxylation sites is 1. The molecule has 0 amide bonds. The number of benzene rings is 2. The largest absolute Gasteiger partial charge is 0.497 e. The van der Waals surface area contributed by atoms with Gasteiger partial charge in [0.1, 0.15) is 5.75 Å². The summed E-state index contributed by atoms with van der Waals surface area (Å²) in [6.07, 6.45) is 0.935. The van der Waals surface area contributed by atoms with Gasteiger partial charge in [-0.05, 0) is 36.7 Å². The highest BCUT2D eigenvalue weighted by atomic mass is 16.7. The number of methoxy groups -OCH3 is 1. The second kappa shape index (κ2) is 10.7. The Morgan fingerprint density at radius 2 is 1.77 bits per heavy atom. The highest BCUT2D eigenvalue weighted by Gasteiger charge is 2.08. The summed E-state index contributed by atoms with van der Waals surface area (Å²) in [4.78, 5) is 5.05. The monoisotopic (exact) mass is 302 g/mol. The number of ether oxygens (including phenoxy) is 1. The maximum absolute atomic E-state index is 5.40. The van der Waals surface area contributed by atoms with Crippen LogP contribution in [0.1, 0.15) is 25.0 Å². The van der Waals surface area contributed by atoms with Crippen molar-refractivity contribution >= 4 is 0 Å². The lowest BCUT2D eigenvalue weighted by molar-refractivity contribution is 0.224. The molecule has 1 heterocycles. The predicted molar refractivity (Wildman–Crippen MR) is 91.0 cm³/mol. The maximum Gasteiger partial charge on any atom is 0.151 e. The number of nitrogens with two attached hydrogens (primary N) is 1. The summed E-state index contributed by atoms with van der Waals surface area (Å²) in [6.45, 7) is 5.53. The fraction of sp³-hybridized carbons (Fsp3) is 0.333. The number of nitrogens with one attached hydrogen (secondary N) is 1. The zero-order chi connectivity index (χ0) is 16.2. The molecule has 120 valence electrons. The molecule has 0 unspecified atom stereocenters. The van der Waals surface area contributed by atoms with Crippen LogP contribution in [-0.4, -0.2) is 13.7 Å². The Morgan fingerprint density at radius 1 is 1.09 bits per heavy atom. The standard InChI is InChI=1S/C9H13NO.C7H7NO.C2H6/c1-11-9-4-2-8(3-5-9)6-7-10;1-2-4-7-6(3-1)5-8-9-7;1-2/h2-5H,6-7,10H2,1H3;1-4,8H,5H2;1-2H3. The first-order valence-electron chi connectivity index (χ1n) is 7.64. The van der Waals surface area contributed by atoms with Gasteiger partial charge in [0.15, 0.2) is 5.75 Å². The van der Waals surface area contributed by atoms with Crippen molar-refractivity contribution in [3.05, 3.63) is 59.7 Å². The van der Waals surface area contributed by atoms with Crippen LogP contribution in [0.4, 0.5) is 0 Å². The van der Waals surface area contributed by atoms with Gasteiger partial charge in [-0.2, -0.15) is 5.48 Å². The predicted octanol–water partition coefficient (Wildman–Crippen LogP) is 3.31. The number of hydrogen-bond donors (Lipinski definition) is 2. The Bertz CT molecular complexity index is 504. The average Bonchev–Trinajstić information content (AvgIpc) is 3.07. The average molecular weight is 302 g/mol. The SMILES string of the molecule is CC.COc1ccc(CCN)cc1.c1ccc2c(c1)CNO2. The topological polar surface area (TPSA) is 56.5 Å². The van der Waals surface area contributed by atoms with Crippen LogP contribution in [0.25, 0.3) is 0 Å². The van der Waals surface area contributed by atoms with E-state index in [4.69, 9.17) is 15.3 Å². The van der Waals surface area contributed by atoms with E-state index in [0.29, 0.717) is 6.54 Å². The first-order valence-corrected chi connectivity index (χ1v) is 7.64. The molecular weight excluding hydrogens is 276 g/mol. The fourth-order valence-corrected chi connectivity index (χ4v) is 1.90. The van der Waals surface area contributed by atoms with Gasteiger partial charge < -0.3 is 15.3 Å². The Hall–Kier alpha value is -2.04. The molecule has 0 saturated heterocycles. The van der Waals surface area contributed by atoms with Crippen molar-refractivity contribution in [1.29, 1.82) is 0 Å². The van der Waals surface area contributed by atoms with E-state index >= 15 is 0 Å². The van der Waals surface area contributed by atoms with Crippen molar-refractivity contribution in [2.24, 2.45) is 5.73 Å². The smallest absolute Gasteiger partial charge is 0.151 e. The molecule has 0 atom stereocenters. The first kappa shape index (κ1) is 18.0. The minimum Gasteiger partial charge on any atom is -0.497 e. The molecule has 4 nitrogen and oxygen atoms in total. The molecule has 0 aromatic heterocycles. The molecule has 2 aromatic carbocycles. The molecule has 2 aromatic rings. The molecule has 3 rings (SSSR count). The molecule has 0 fully saturated rings. The lowest BCUT2D eigenvalue weighted by Crippen LogP contribution is -2.07. The fourth-order valence-electron chi connectivity index (χ4n) is 1.90. The van der Waals surface area contributed by atoms with Crippen molar-refractivity contribution in [2.45, 2.75) is 26.8 Å². The van der Waals surface area contributed by atoms with E-state index in [1.165, 1.54) is 11.1 Å². The highest BCUT2D eigenvalue weighted by Crippen LogP contribution is 2.20. The number of hydroxylamine groups is 1. The van der Waals surface area contributed by atoms with Crippen molar-refractivity contribution in [1.82, 2.24) is 5.48 Å². The number of hydrogen-bond acceptors (Lipinski definition) is 4. The summed E-state index contributed by atoms with van der Waals surface area (Å²) in [5.74, 6) is 1.85. The summed E-state index contributed by atoms with van der Waals surface area (Å²) in [7, 11) is 1.66. The van der Waals surface area contributed by atoms with E-state index in [-0.39, 0.29) is 0 Å². The van der Waals surface area contributed by atoms with Gasteiger partial charge in [-0.3, -0.25) is 0 Å². The van der Waals surface area contributed by atoms with Gasteiger partial charge in [0.25, 0.3) is 0 Å². The quantitative estimate of drug-likeness (QED) is 0.913. The van der Waals surface area contributed by atoms with Crippen LogP contribution >= 0.6 is 0 Å². The van der Waals surface area contributed by atoms with Gasteiger partial charge >= 0.3 is 0 Å². The molecular formula is C18H26N2O2. The molecule has 0 bridgehead atoms. The van der Waals surface area contributed by atoms with Crippen molar-refractivity contribution in [3.8, 4) is 11.5 Å². The van der Waals surface area contributed by atoms with Crippen molar-refractivity contribution in [2.75, 3.05) is 13.7 Å². The highest BCUT2D eigenvalue weighted by molar-refractivity contribution is 5.34. The summed E-state index contributed by atoms with van der Waals surface area (Å²) in [5, 5.41) is 0. The van der Waals surface area contributed by atoms with Gasteiger partial charge in [-0.25, -0.2) is 0 Å². The number of fused-ring (bicyclic) bond motifs is 1.